The Morgan fingerprint density at radius 1 is 1.14 bits per heavy atom. The van der Waals surface area contributed by atoms with Crippen molar-refractivity contribution in [3.63, 3.8) is 0 Å². The molecule has 1 fully saturated rings. The topological polar surface area (TPSA) is 0 Å². The fraction of sp³-hybridized carbons (Fsp3) is 1.00. The van der Waals surface area contributed by atoms with Gasteiger partial charge < -0.3 is 12.4 Å². The number of hydrogen-bond donors (Lipinski definition) is 0. The number of rotatable bonds is 0. The molecule has 1 aliphatic rings. The summed E-state index contributed by atoms with van der Waals surface area (Å²) in [6.45, 7) is 0. The van der Waals surface area contributed by atoms with Crippen LogP contribution < -0.4 is 12.4 Å². The Morgan fingerprint density at radius 3 is 1.71 bits per heavy atom. The molecule has 1 saturated heterocycles. The van der Waals surface area contributed by atoms with Gasteiger partial charge in [0, 0.05) is 0 Å². The fourth-order valence-electron chi connectivity index (χ4n) is 0.799. The normalized spacial score (nSPS) is 21.9. The standard InChI is InChI=1S/C5H11Te.ClH/c1-6-4-2-3-5-6;/h2-5H2,1H3;1H/q+1;/p-1. The molecule has 0 aromatic heterocycles. The maximum absolute atomic E-state index is 2.51. The monoisotopic (exact) mass is 236 g/mol. The summed E-state index contributed by atoms with van der Waals surface area (Å²) in [4.78, 5) is 2.51. The molecule has 0 radical (unpaired) electrons. The summed E-state index contributed by atoms with van der Waals surface area (Å²) in [7, 11) is 0. The second kappa shape index (κ2) is 4.01. The first-order valence-corrected chi connectivity index (χ1v) is 8.11. The molecule has 0 amide bonds. The van der Waals surface area contributed by atoms with Gasteiger partial charge in [0.25, 0.3) is 0 Å². The van der Waals surface area contributed by atoms with Gasteiger partial charge in [0.05, 0.1) is 0 Å². The molecule has 0 aliphatic carbocycles. The fourth-order valence-corrected chi connectivity index (χ4v) is 5.36. The van der Waals surface area contributed by atoms with E-state index in [2.05, 4.69) is 4.97 Å². The van der Waals surface area contributed by atoms with Gasteiger partial charge in [0.1, 0.15) is 0 Å². The minimum absolute atomic E-state index is 0. The average Bonchev–Trinajstić information content (AvgIpc) is 1.86. The van der Waals surface area contributed by atoms with Crippen molar-refractivity contribution in [3.8, 4) is 0 Å². The van der Waals surface area contributed by atoms with Crippen LogP contribution in [0.15, 0.2) is 0 Å². The van der Waals surface area contributed by atoms with E-state index in [1.165, 1.54) is 0 Å². The van der Waals surface area contributed by atoms with Crippen LogP contribution in [0.4, 0.5) is 0 Å². The molecule has 0 unspecified atom stereocenters. The van der Waals surface area contributed by atoms with Crippen molar-refractivity contribution in [2.24, 2.45) is 0 Å². The van der Waals surface area contributed by atoms with Gasteiger partial charge in [-0.2, -0.15) is 0 Å². The summed E-state index contributed by atoms with van der Waals surface area (Å²) in [6.07, 6.45) is 3.13. The predicted octanol–water partition coefficient (Wildman–Crippen LogP) is -1.09. The second-order valence-electron chi connectivity index (χ2n) is 1.90. The van der Waals surface area contributed by atoms with Crippen molar-refractivity contribution >= 4 is 19.6 Å². The van der Waals surface area contributed by atoms with E-state index in [4.69, 9.17) is 0 Å². The van der Waals surface area contributed by atoms with Gasteiger partial charge in [0.15, 0.2) is 0 Å². The molecule has 0 atom stereocenters. The third-order valence-corrected chi connectivity index (χ3v) is 6.86. The van der Waals surface area contributed by atoms with Gasteiger partial charge in [-0.3, -0.25) is 0 Å². The summed E-state index contributed by atoms with van der Waals surface area (Å²) in [5, 5.41) is 0. The minimum Gasteiger partial charge on any atom is -1.00 e. The molecule has 0 nitrogen and oxygen atoms in total. The third-order valence-electron chi connectivity index (χ3n) is 1.24. The van der Waals surface area contributed by atoms with Crippen molar-refractivity contribution in [2.75, 3.05) is 0 Å². The predicted molar refractivity (Wildman–Crippen MR) is 30.5 cm³/mol. The van der Waals surface area contributed by atoms with E-state index in [1.807, 2.05) is 0 Å². The largest absolute Gasteiger partial charge is 1.00 e. The van der Waals surface area contributed by atoms with Crippen molar-refractivity contribution in [1.82, 2.24) is 0 Å². The first-order valence-electron chi connectivity index (χ1n) is 2.49. The second-order valence-corrected chi connectivity index (χ2v) is 8.69. The molecule has 2 heteroatoms. The van der Waals surface area contributed by atoms with Crippen LogP contribution in [0.2, 0.25) is 13.9 Å². The van der Waals surface area contributed by atoms with Gasteiger partial charge in [-0.05, 0) is 0 Å². The van der Waals surface area contributed by atoms with Gasteiger partial charge >= 0.3 is 46.3 Å². The molecule has 0 bridgehead atoms. The van der Waals surface area contributed by atoms with E-state index in [9.17, 15) is 0 Å². The molecule has 44 valence electrons. The van der Waals surface area contributed by atoms with Crippen molar-refractivity contribution in [1.29, 1.82) is 0 Å². The molecule has 0 saturated carbocycles. The van der Waals surface area contributed by atoms with Crippen molar-refractivity contribution in [2.45, 2.75) is 26.8 Å². The van der Waals surface area contributed by atoms with E-state index in [1.54, 1.807) is 21.8 Å². The zero-order chi connectivity index (χ0) is 4.41. The molecule has 0 spiro atoms. The van der Waals surface area contributed by atoms with E-state index in [0.29, 0.717) is 0 Å². The van der Waals surface area contributed by atoms with E-state index in [-0.39, 0.29) is 32.0 Å². The van der Waals surface area contributed by atoms with Crippen LogP contribution >= 0.6 is 0 Å². The zero-order valence-electron chi connectivity index (χ0n) is 4.61. The van der Waals surface area contributed by atoms with Crippen LogP contribution in [-0.4, -0.2) is 19.6 Å². The van der Waals surface area contributed by atoms with Gasteiger partial charge in [0.2, 0.25) is 0 Å². The molecule has 1 heterocycles. The summed E-state index contributed by atoms with van der Waals surface area (Å²) in [6, 6.07) is 0. The van der Waals surface area contributed by atoms with Crippen LogP contribution in [0, 0.1) is 0 Å². The summed E-state index contributed by atoms with van der Waals surface area (Å²) in [5.74, 6) is 0. The van der Waals surface area contributed by atoms with E-state index in [0.717, 1.165) is 0 Å². The van der Waals surface area contributed by atoms with E-state index >= 15 is 0 Å². The van der Waals surface area contributed by atoms with Crippen molar-refractivity contribution in [3.05, 3.63) is 0 Å². The van der Waals surface area contributed by atoms with Gasteiger partial charge in [-0.15, -0.1) is 0 Å². The summed E-state index contributed by atoms with van der Waals surface area (Å²) >= 11 is -0.295. The van der Waals surface area contributed by atoms with Crippen LogP contribution in [0.25, 0.3) is 0 Å². The Kier molecular flexibility index (Phi) is 4.63. The zero-order valence-corrected chi connectivity index (χ0v) is 7.70. The van der Waals surface area contributed by atoms with Crippen molar-refractivity contribution < 1.29 is 12.4 Å². The Bertz CT molecular complexity index is 41.3. The SMILES string of the molecule is C[Te+]1CCCC1.[Cl-]. The average molecular weight is 234 g/mol. The Labute approximate surface area is 58.7 Å². The molecule has 7 heavy (non-hydrogen) atoms. The molecule has 0 aromatic rings. The maximum atomic E-state index is 2.51. The Morgan fingerprint density at radius 2 is 1.57 bits per heavy atom. The first kappa shape index (κ1) is 8.08. The number of halogens is 1. The molecule has 1 rings (SSSR count). The molecule has 0 N–H and O–H groups in total. The first-order chi connectivity index (χ1) is 2.89. The summed E-state index contributed by atoms with van der Waals surface area (Å²) < 4.78 is 3.31. The Balaban J connectivity index is 0.000000360. The van der Waals surface area contributed by atoms with Crippen LogP contribution in [0.5, 0.6) is 0 Å². The minimum atomic E-state index is -0.295. The smallest absolute Gasteiger partial charge is 1.00 e. The molecule has 1 aliphatic heterocycles. The maximum Gasteiger partial charge on any atom is -1.00 e. The molecular formula is C5H11ClTe. The van der Waals surface area contributed by atoms with E-state index < -0.39 is 0 Å². The quantitative estimate of drug-likeness (QED) is 0.467. The molecular weight excluding hydrogens is 223 g/mol. The number of hydrogen-bond acceptors (Lipinski definition) is 0. The van der Waals surface area contributed by atoms with Crippen LogP contribution in [0.3, 0.4) is 0 Å². The third kappa shape index (κ3) is 2.80. The van der Waals surface area contributed by atoms with Crippen LogP contribution in [0.1, 0.15) is 12.8 Å². The molecule has 0 aromatic carbocycles. The van der Waals surface area contributed by atoms with Gasteiger partial charge in [-0.25, -0.2) is 0 Å². The van der Waals surface area contributed by atoms with Gasteiger partial charge in [-0.1, -0.05) is 0 Å². The Hall–Kier alpha value is 1.08. The van der Waals surface area contributed by atoms with Crippen LogP contribution in [-0.2, 0) is 0 Å². The summed E-state index contributed by atoms with van der Waals surface area (Å²) in [5.41, 5.74) is 0.